The van der Waals surface area contributed by atoms with Gasteiger partial charge in [-0.2, -0.15) is 0 Å². The Morgan fingerprint density at radius 1 is 1.09 bits per heavy atom. The lowest BCUT2D eigenvalue weighted by molar-refractivity contribution is 0.104. The first-order valence-corrected chi connectivity index (χ1v) is 7.62. The smallest absolute Gasteiger partial charge is 0.195 e. The monoisotopic (exact) mass is 306 g/mol. The summed E-state index contributed by atoms with van der Waals surface area (Å²) in [6.07, 6.45) is 2.61. The molecule has 0 amide bonds. The lowest BCUT2D eigenvalue weighted by Gasteiger charge is -2.11. The predicted molar refractivity (Wildman–Crippen MR) is 91.8 cm³/mol. The number of nitrogen functional groups attached to an aromatic ring is 1. The van der Waals surface area contributed by atoms with Crippen molar-refractivity contribution in [2.75, 3.05) is 12.3 Å². The topological polar surface area (TPSA) is 65.2 Å². The van der Waals surface area contributed by atoms with Crippen LogP contribution in [0.25, 0.3) is 10.9 Å². The largest absolute Gasteiger partial charge is 0.491 e. The van der Waals surface area contributed by atoms with Gasteiger partial charge in [-0.1, -0.05) is 25.1 Å². The molecule has 2 N–H and O–H groups in total. The highest BCUT2D eigenvalue weighted by Gasteiger charge is 2.17. The maximum atomic E-state index is 12.9. The number of aromatic nitrogens is 1. The quantitative estimate of drug-likeness (QED) is 0.574. The van der Waals surface area contributed by atoms with Crippen LogP contribution >= 0.6 is 0 Å². The van der Waals surface area contributed by atoms with Crippen LogP contribution in [0.1, 0.15) is 29.3 Å². The van der Waals surface area contributed by atoms with Gasteiger partial charge in [0.2, 0.25) is 0 Å². The summed E-state index contributed by atoms with van der Waals surface area (Å²) in [5.41, 5.74) is 8.18. The number of benzene rings is 2. The van der Waals surface area contributed by atoms with E-state index in [1.807, 2.05) is 31.2 Å². The number of rotatable bonds is 5. The van der Waals surface area contributed by atoms with Crippen LogP contribution in [-0.4, -0.2) is 17.4 Å². The number of ketones is 1. The number of hydrogen-bond acceptors (Lipinski definition) is 4. The van der Waals surface area contributed by atoms with Crippen LogP contribution in [0.5, 0.6) is 5.75 Å². The molecule has 4 nitrogen and oxygen atoms in total. The molecule has 0 spiro atoms. The van der Waals surface area contributed by atoms with Gasteiger partial charge in [-0.3, -0.25) is 9.78 Å². The Kier molecular flexibility index (Phi) is 4.24. The van der Waals surface area contributed by atoms with E-state index in [4.69, 9.17) is 10.5 Å². The summed E-state index contributed by atoms with van der Waals surface area (Å²) in [4.78, 5) is 17.2. The number of carbonyl (C=O) groups is 1. The van der Waals surface area contributed by atoms with Crippen LogP contribution in [0.15, 0.2) is 54.7 Å². The van der Waals surface area contributed by atoms with E-state index in [2.05, 4.69) is 4.98 Å². The molecule has 0 saturated carbocycles. The Hall–Kier alpha value is -2.88. The molecule has 0 fully saturated rings. The van der Waals surface area contributed by atoms with Crippen molar-refractivity contribution in [3.63, 3.8) is 0 Å². The molecule has 0 bridgehead atoms. The Labute approximate surface area is 134 Å². The molecule has 3 rings (SSSR count). The normalized spacial score (nSPS) is 10.7. The average molecular weight is 306 g/mol. The van der Waals surface area contributed by atoms with Crippen LogP contribution in [0.2, 0.25) is 0 Å². The van der Waals surface area contributed by atoms with Gasteiger partial charge in [-0.15, -0.1) is 0 Å². The van der Waals surface area contributed by atoms with E-state index in [1.54, 1.807) is 30.5 Å². The van der Waals surface area contributed by atoms with Gasteiger partial charge in [-0.25, -0.2) is 0 Å². The second kappa shape index (κ2) is 6.48. The van der Waals surface area contributed by atoms with E-state index >= 15 is 0 Å². The fourth-order valence-electron chi connectivity index (χ4n) is 2.52. The summed E-state index contributed by atoms with van der Waals surface area (Å²) in [5, 5.41) is 0.773. The predicted octanol–water partition coefficient (Wildman–Crippen LogP) is 3.84. The van der Waals surface area contributed by atoms with E-state index in [9.17, 15) is 4.79 Å². The van der Waals surface area contributed by atoms with Crippen LogP contribution in [-0.2, 0) is 0 Å². The van der Waals surface area contributed by atoms with E-state index in [1.165, 1.54) is 0 Å². The molecular formula is C19H18N2O2. The third-order valence-electron chi connectivity index (χ3n) is 3.64. The SMILES string of the molecule is CCCOc1ccc(C(=O)c2ccccc2N)c2cccnc12. The summed E-state index contributed by atoms with van der Waals surface area (Å²) in [7, 11) is 0. The van der Waals surface area contributed by atoms with Gasteiger partial charge in [-0.05, 0) is 36.8 Å². The number of ether oxygens (including phenoxy) is 1. The molecule has 1 aromatic heterocycles. The summed E-state index contributed by atoms with van der Waals surface area (Å²) >= 11 is 0. The lowest BCUT2D eigenvalue weighted by atomic mass is 9.98. The third kappa shape index (κ3) is 2.88. The molecule has 1 heterocycles. The molecule has 0 aliphatic heterocycles. The third-order valence-corrected chi connectivity index (χ3v) is 3.64. The Bertz CT molecular complexity index is 859. The standard InChI is InChI=1S/C19H18N2O2/c1-2-12-23-17-10-9-14(13-7-5-11-21-18(13)17)19(22)15-6-3-4-8-16(15)20/h3-11H,2,12,20H2,1H3. The van der Waals surface area contributed by atoms with Crippen molar-refractivity contribution in [1.29, 1.82) is 0 Å². The molecule has 0 aliphatic rings. The highest BCUT2D eigenvalue weighted by atomic mass is 16.5. The average Bonchev–Trinajstić information content (AvgIpc) is 2.59. The van der Waals surface area contributed by atoms with Gasteiger partial charge in [0.1, 0.15) is 11.3 Å². The van der Waals surface area contributed by atoms with Gasteiger partial charge < -0.3 is 10.5 Å². The minimum absolute atomic E-state index is 0.108. The number of para-hydroxylation sites is 1. The molecule has 0 aliphatic carbocycles. The fourth-order valence-corrected chi connectivity index (χ4v) is 2.52. The molecule has 3 aromatic rings. The van der Waals surface area contributed by atoms with Crippen molar-refractivity contribution >= 4 is 22.4 Å². The molecule has 4 heteroatoms. The number of hydrogen-bond donors (Lipinski definition) is 1. The number of nitrogens with two attached hydrogens (primary N) is 1. The molecule has 0 saturated heterocycles. The van der Waals surface area contributed by atoms with Crippen molar-refractivity contribution in [1.82, 2.24) is 4.98 Å². The van der Waals surface area contributed by atoms with Gasteiger partial charge >= 0.3 is 0 Å². The molecule has 0 unspecified atom stereocenters. The van der Waals surface area contributed by atoms with E-state index in [0.717, 1.165) is 11.8 Å². The molecular weight excluding hydrogens is 288 g/mol. The first kappa shape index (κ1) is 15.0. The van der Waals surface area contributed by atoms with Crippen molar-refractivity contribution in [2.45, 2.75) is 13.3 Å². The number of nitrogens with zero attached hydrogens (tertiary/aromatic N) is 1. The highest BCUT2D eigenvalue weighted by molar-refractivity contribution is 6.18. The maximum Gasteiger partial charge on any atom is 0.195 e. The zero-order valence-electron chi connectivity index (χ0n) is 13.0. The van der Waals surface area contributed by atoms with Crippen molar-refractivity contribution in [3.8, 4) is 5.75 Å². The summed E-state index contributed by atoms with van der Waals surface area (Å²) in [5.74, 6) is 0.586. The summed E-state index contributed by atoms with van der Waals surface area (Å²) < 4.78 is 5.73. The van der Waals surface area contributed by atoms with Gasteiger partial charge in [0.05, 0.1) is 6.61 Å². The fraction of sp³-hybridized carbons (Fsp3) is 0.158. The highest BCUT2D eigenvalue weighted by Crippen LogP contribution is 2.29. The van der Waals surface area contributed by atoms with Gasteiger partial charge in [0.15, 0.2) is 5.78 Å². The minimum Gasteiger partial charge on any atom is -0.491 e. The van der Waals surface area contributed by atoms with E-state index < -0.39 is 0 Å². The Morgan fingerprint density at radius 2 is 1.91 bits per heavy atom. The Morgan fingerprint density at radius 3 is 2.70 bits per heavy atom. The second-order valence-electron chi connectivity index (χ2n) is 5.28. The van der Waals surface area contributed by atoms with Crippen molar-refractivity contribution in [2.24, 2.45) is 0 Å². The van der Waals surface area contributed by atoms with Crippen LogP contribution in [0.4, 0.5) is 5.69 Å². The maximum absolute atomic E-state index is 12.9. The summed E-state index contributed by atoms with van der Waals surface area (Å²) in [6, 6.07) is 14.4. The van der Waals surface area contributed by atoms with Crippen LogP contribution in [0.3, 0.4) is 0 Å². The number of pyridine rings is 1. The van der Waals surface area contributed by atoms with E-state index in [-0.39, 0.29) is 5.78 Å². The van der Waals surface area contributed by atoms with Crippen molar-refractivity contribution in [3.05, 3.63) is 65.9 Å². The minimum atomic E-state index is -0.108. The molecule has 23 heavy (non-hydrogen) atoms. The number of anilines is 1. The molecule has 2 aromatic carbocycles. The van der Waals surface area contributed by atoms with Gasteiger partial charge in [0.25, 0.3) is 0 Å². The molecule has 116 valence electrons. The van der Waals surface area contributed by atoms with Crippen LogP contribution < -0.4 is 10.5 Å². The molecule has 0 radical (unpaired) electrons. The lowest BCUT2D eigenvalue weighted by Crippen LogP contribution is -2.07. The van der Waals surface area contributed by atoms with E-state index in [0.29, 0.717) is 34.7 Å². The van der Waals surface area contributed by atoms with Gasteiger partial charge in [0, 0.05) is 28.4 Å². The Balaban J connectivity index is 2.12. The first-order chi connectivity index (χ1) is 11.2. The number of fused-ring (bicyclic) bond motifs is 1. The number of carbonyl (C=O) groups excluding carboxylic acids is 1. The zero-order chi connectivity index (χ0) is 16.2. The van der Waals surface area contributed by atoms with Crippen molar-refractivity contribution < 1.29 is 9.53 Å². The zero-order valence-corrected chi connectivity index (χ0v) is 13.0. The van der Waals surface area contributed by atoms with Crippen LogP contribution in [0, 0.1) is 0 Å². The second-order valence-corrected chi connectivity index (χ2v) is 5.28. The summed E-state index contributed by atoms with van der Waals surface area (Å²) in [6.45, 7) is 2.66. The first-order valence-electron chi connectivity index (χ1n) is 7.62. The molecule has 0 atom stereocenters.